The van der Waals surface area contributed by atoms with Crippen LogP contribution in [-0.4, -0.2) is 5.11 Å². The molecule has 0 spiro atoms. The highest BCUT2D eigenvalue weighted by Gasteiger charge is 2.17. The van der Waals surface area contributed by atoms with Crippen LogP contribution in [0.25, 0.3) is 0 Å². The number of rotatable bonds is 2. The van der Waals surface area contributed by atoms with Crippen LogP contribution in [-0.2, 0) is 0 Å². The lowest BCUT2D eigenvalue weighted by Gasteiger charge is -2.08. The summed E-state index contributed by atoms with van der Waals surface area (Å²) in [6.07, 6.45) is -0.714. The van der Waals surface area contributed by atoms with Crippen molar-refractivity contribution in [2.75, 3.05) is 0 Å². The van der Waals surface area contributed by atoms with E-state index in [1.54, 1.807) is 0 Å². The maximum atomic E-state index is 10.1. The molecule has 0 saturated carbocycles. The number of hydrogen-bond donors (Lipinski definition) is 1. The van der Waals surface area contributed by atoms with Crippen LogP contribution in [0.4, 0.5) is 0 Å². The van der Waals surface area contributed by atoms with E-state index in [1.165, 1.54) is 0 Å². The Balaban J connectivity index is 2.36. The molecule has 1 aromatic heterocycles. The topological polar surface area (TPSA) is 33.4 Å². The summed E-state index contributed by atoms with van der Waals surface area (Å²) in [5.41, 5.74) is 0.826. The fourth-order valence-electron chi connectivity index (χ4n) is 1.47. The second-order valence-corrected chi connectivity index (χ2v) is 4.24. The van der Waals surface area contributed by atoms with E-state index in [2.05, 4.69) is 15.9 Å². The zero-order valence-electron chi connectivity index (χ0n) is 8.27. The molecule has 1 unspecified atom stereocenters. The Morgan fingerprint density at radius 3 is 2.47 bits per heavy atom. The second-order valence-electron chi connectivity index (χ2n) is 3.38. The smallest absolute Gasteiger partial charge is 0.151 e. The summed E-state index contributed by atoms with van der Waals surface area (Å²) in [6, 6.07) is 11.3. The molecule has 1 heterocycles. The van der Waals surface area contributed by atoms with Gasteiger partial charge in [-0.1, -0.05) is 30.3 Å². The Hall–Kier alpha value is -1.06. The van der Waals surface area contributed by atoms with Gasteiger partial charge in [-0.15, -0.1) is 0 Å². The molecule has 0 fully saturated rings. The van der Waals surface area contributed by atoms with E-state index in [4.69, 9.17) is 4.42 Å². The highest BCUT2D eigenvalue weighted by atomic mass is 79.9. The maximum Gasteiger partial charge on any atom is 0.151 e. The van der Waals surface area contributed by atoms with Gasteiger partial charge in [0.25, 0.3) is 0 Å². The summed E-state index contributed by atoms with van der Waals surface area (Å²) < 4.78 is 6.24. The van der Waals surface area contributed by atoms with Crippen molar-refractivity contribution in [1.82, 2.24) is 0 Å². The Morgan fingerprint density at radius 2 is 1.93 bits per heavy atom. The highest BCUT2D eigenvalue weighted by Crippen LogP contribution is 2.30. The first-order valence-electron chi connectivity index (χ1n) is 4.67. The van der Waals surface area contributed by atoms with Gasteiger partial charge in [-0.2, -0.15) is 0 Å². The van der Waals surface area contributed by atoms with Crippen LogP contribution in [0.3, 0.4) is 0 Å². The lowest BCUT2D eigenvalue weighted by atomic mass is 10.1. The molecule has 78 valence electrons. The second kappa shape index (κ2) is 4.21. The molecule has 2 nitrogen and oxygen atoms in total. The van der Waals surface area contributed by atoms with E-state index in [-0.39, 0.29) is 0 Å². The molecule has 0 aliphatic carbocycles. The van der Waals surface area contributed by atoms with Crippen molar-refractivity contribution in [2.45, 2.75) is 13.0 Å². The van der Waals surface area contributed by atoms with Crippen LogP contribution < -0.4 is 0 Å². The molecular weight excluding hydrogens is 256 g/mol. The summed E-state index contributed by atoms with van der Waals surface area (Å²) >= 11 is 3.36. The van der Waals surface area contributed by atoms with Gasteiger partial charge in [0.2, 0.25) is 0 Å². The van der Waals surface area contributed by atoms with Crippen molar-refractivity contribution in [3.63, 3.8) is 0 Å². The summed E-state index contributed by atoms with van der Waals surface area (Å²) in [6.45, 7) is 1.85. The number of halogens is 1. The van der Waals surface area contributed by atoms with E-state index < -0.39 is 6.10 Å². The van der Waals surface area contributed by atoms with Gasteiger partial charge >= 0.3 is 0 Å². The minimum absolute atomic E-state index is 0.554. The average Bonchev–Trinajstić information content (AvgIpc) is 2.58. The molecule has 1 aromatic carbocycles. The van der Waals surface area contributed by atoms with E-state index in [1.807, 2.05) is 43.3 Å². The van der Waals surface area contributed by atoms with Crippen LogP contribution >= 0.6 is 15.9 Å². The third-order valence-corrected chi connectivity index (χ3v) is 2.82. The van der Waals surface area contributed by atoms with Crippen LogP contribution in [0.15, 0.2) is 45.3 Å². The number of aliphatic hydroxyl groups excluding tert-OH is 1. The molecule has 0 aliphatic heterocycles. The number of furan rings is 1. The third kappa shape index (κ3) is 2.13. The molecule has 15 heavy (non-hydrogen) atoms. The summed E-state index contributed by atoms with van der Waals surface area (Å²) in [5.74, 6) is 1.34. The highest BCUT2D eigenvalue weighted by molar-refractivity contribution is 9.10. The fourth-order valence-corrected chi connectivity index (χ4v) is 2.09. The van der Waals surface area contributed by atoms with Crippen molar-refractivity contribution in [3.05, 3.63) is 58.0 Å². The molecule has 0 bridgehead atoms. The van der Waals surface area contributed by atoms with E-state index >= 15 is 0 Å². The zero-order valence-corrected chi connectivity index (χ0v) is 9.86. The van der Waals surface area contributed by atoms with Crippen LogP contribution in [0.1, 0.15) is 23.2 Å². The van der Waals surface area contributed by atoms with Crippen molar-refractivity contribution in [3.8, 4) is 0 Å². The van der Waals surface area contributed by atoms with Crippen LogP contribution in [0.2, 0.25) is 0 Å². The summed E-state index contributed by atoms with van der Waals surface area (Å²) in [7, 11) is 0. The standard InChI is InChI=1S/C12H11BrO2/c1-8-7-10(13)12(15-8)11(14)9-5-3-2-4-6-9/h2-7,11,14H,1H3. The van der Waals surface area contributed by atoms with Gasteiger partial charge in [-0.3, -0.25) is 0 Å². The maximum absolute atomic E-state index is 10.1. The lowest BCUT2D eigenvalue weighted by Crippen LogP contribution is -1.98. The molecule has 0 amide bonds. The molecule has 2 rings (SSSR count). The molecule has 1 N–H and O–H groups in total. The largest absolute Gasteiger partial charge is 0.462 e. The third-order valence-electron chi connectivity index (χ3n) is 2.20. The number of benzene rings is 1. The predicted octanol–water partition coefficient (Wildman–Crippen LogP) is 3.43. The van der Waals surface area contributed by atoms with E-state index in [9.17, 15) is 5.11 Å². The number of aryl methyl sites for hydroxylation is 1. The fraction of sp³-hybridized carbons (Fsp3) is 0.167. The van der Waals surface area contributed by atoms with Gasteiger partial charge in [-0.05, 0) is 34.5 Å². The summed E-state index contributed by atoms with van der Waals surface area (Å²) in [4.78, 5) is 0. The lowest BCUT2D eigenvalue weighted by molar-refractivity contribution is 0.186. The number of hydrogen-bond acceptors (Lipinski definition) is 2. The molecule has 0 radical (unpaired) electrons. The molecule has 3 heteroatoms. The Morgan fingerprint density at radius 1 is 1.27 bits per heavy atom. The first kappa shape index (κ1) is 10.5. The van der Waals surface area contributed by atoms with Gasteiger partial charge in [0.05, 0.1) is 4.47 Å². The van der Waals surface area contributed by atoms with Crippen molar-refractivity contribution < 1.29 is 9.52 Å². The first-order chi connectivity index (χ1) is 7.18. The average molecular weight is 267 g/mol. The monoisotopic (exact) mass is 266 g/mol. The summed E-state index contributed by atoms with van der Waals surface area (Å²) in [5, 5.41) is 10.1. The Bertz CT molecular complexity index is 448. The molecule has 0 aliphatic rings. The molecule has 2 aromatic rings. The van der Waals surface area contributed by atoms with Gasteiger partial charge in [-0.25, -0.2) is 0 Å². The van der Waals surface area contributed by atoms with E-state index in [0.717, 1.165) is 15.8 Å². The Kier molecular flexibility index (Phi) is 2.93. The normalized spacial score (nSPS) is 12.7. The molecular formula is C12H11BrO2. The van der Waals surface area contributed by atoms with Crippen molar-refractivity contribution in [1.29, 1.82) is 0 Å². The van der Waals surface area contributed by atoms with Gasteiger partial charge in [0.1, 0.15) is 11.9 Å². The van der Waals surface area contributed by atoms with Crippen LogP contribution in [0.5, 0.6) is 0 Å². The van der Waals surface area contributed by atoms with Gasteiger partial charge in [0.15, 0.2) is 5.76 Å². The minimum atomic E-state index is -0.714. The first-order valence-corrected chi connectivity index (χ1v) is 5.46. The Labute approximate surface area is 96.7 Å². The van der Waals surface area contributed by atoms with Crippen molar-refractivity contribution >= 4 is 15.9 Å². The quantitative estimate of drug-likeness (QED) is 0.904. The van der Waals surface area contributed by atoms with Gasteiger partial charge < -0.3 is 9.52 Å². The van der Waals surface area contributed by atoms with Crippen molar-refractivity contribution in [2.24, 2.45) is 0 Å². The predicted molar refractivity (Wildman–Crippen MR) is 61.6 cm³/mol. The molecule has 1 atom stereocenters. The van der Waals surface area contributed by atoms with Crippen LogP contribution in [0, 0.1) is 6.92 Å². The number of aliphatic hydroxyl groups is 1. The molecule has 0 saturated heterocycles. The SMILES string of the molecule is Cc1cc(Br)c(C(O)c2ccccc2)o1. The zero-order chi connectivity index (χ0) is 10.8. The van der Waals surface area contributed by atoms with Gasteiger partial charge in [0, 0.05) is 0 Å². The minimum Gasteiger partial charge on any atom is -0.462 e. The van der Waals surface area contributed by atoms with E-state index in [0.29, 0.717) is 5.76 Å².